The third kappa shape index (κ3) is 8.20. The first kappa shape index (κ1) is 33.1. The molecule has 5 amide bonds. The number of amides is 5. The number of anilines is 3. The topological polar surface area (TPSA) is 123 Å². The number of nitrogens with zero attached hydrogens (tertiary/aromatic N) is 2. The molecule has 10 nitrogen and oxygen atoms in total. The molecule has 1 aliphatic rings. The molecule has 3 aromatic rings. The Morgan fingerprint density at radius 3 is 2.27 bits per heavy atom. The van der Waals surface area contributed by atoms with E-state index < -0.39 is 53.6 Å². The number of nitrogens with one attached hydrogen (secondary N) is 3. The number of hydrogen-bond acceptors (Lipinski definition) is 5. The summed E-state index contributed by atoms with van der Waals surface area (Å²) in [7, 11) is 1.48. The summed E-state index contributed by atoms with van der Waals surface area (Å²) in [6.07, 6.45) is -5.25. The lowest BCUT2D eigenvalue weighted by Gasteiger charge is -2.38. The predicted octanol–water partition coefficient (Wildman–Crippen LogP) is 5.87. The van der Waals surface area contributed by atoms with Crippen molar-refractivity contribution in [2.45, 2.75) is 32.2 Å². The van der Waals surface area contributed by atoms with Gasteiger partial charge in [0, 0.05) is 30.9 Å². The van der Waals surface area contributed by atoms with E-state index in [1.54, 1.807) is 19.9 Å². The number of hydrogen-bond donors (Lipinski definition) is 4. The molecule has 0 aromatic heterocycles. The maximum Gasteiger partial charge on any atom is 0.416 e. The van der Waals surface area contributed by atoms with Gasteiger partial charge in [0.05, 0.1) is 36.0 Å². The van der Waals surface area contributed by atoms with Crippen LogP contribution in [-0.2, 0) is 6.18 Å². The van der Waals surface area contributed by atoms with Crippen molar-refractivity contribution in [3.63, 3.8) is 0 Å². The second-order valence-electron chi connectivity index (χ2n) is 10.8. The van der Waals surface area contributed by atoms with Gasteiger partial charge >= 0.3 is 18.2 Å². The zero-order valence-electron chi connectivity index (χ0n) is 24.7. The summed E-state index contributed by atoms with van der Waals surface area (Å²) in [6, 6.07) is 11.9. The molecule has 0 fully saturated rings. The molecule has 4 N–H and O–H groups in total. The molecule has 0 aliphatic carbocycles. The van der Waals surface area contributed by atoms with Crippen LogP contribution in [0.4, 0.5) is 44.2 Å². The van der Waals surface area contributed by atoms with Crippen LogP contribution in [0.2, 0.25) is 0 Å². The number of halogens is 4. The van der Waals surface area contributed by atoms with Gasteiger partial charge in [0.25, 0.3) is 5.91 Å². The third-order valence-electron chi connectivity index (χ3n) is 7.31. The Balaban J connectivity index is 1.58. The zero-order chi connectivity index (χ0) is 32.9. The summed E-state index contributed by atoms with van der Waals surface area (Å²) in [6.45, 7) is 3.33. The van der Waals surface area contributed by atoms with Crippen molar-refractivity contribution in [1.82, 2.24) is 9.80 Å². The molecule has 0 radical (unpaired) electrons. The highest BCUT2D eigenvalue weighted by atomic mass is 19.4. The van der Waals surface area contributed by atoms with Crippen molar-refractivity contribution in [3.8, 4) is 5.75 Å². The molecule has 4 rings (SSSR count). The lowest BCUT2D eigenvalue weighted by Crippen LogP contribution is -2.50. The van der Waals surface area contributed by atoms with Crippen LogP contribution in [0.5, 0.6) is 5.75 Å². The Labute approximate surface area is 257 Å². The van der Waals surface area contributed by atoms with Crippen LogP contribution in [0.25, 0.3) is 0 Å². The Morgan fingerprint density at radius 2 is 1.64 bits per heavy atom. The van der Waals surface area contributed by atoms with Gasteiger partial charge < -0.3 is 35.6 Å². The van der Waals surface area contributed by atoms with Gasteiger partial charge in [-0.3, -0.25) is 4.79 Å². The van der Waals surface area contributed by atoms with Gasteiger partial charge in [-0.2, -0.15) is 13.2 Å². The fourth-order valence-electron chi connectivity index (χ4n) is 4.69. The van der Waals surface area contributed by atoms with Gasteiger partial charge in [-0.25, -0.2) is 14.0 Å². The van der Waals surface area contributed by atoms with Crippen molar-refractivity contribution in [2.24, 2.45) is 5.92 Å². The summed E-state index contributed by atoms with van der Waals surface area (Å²) in [4.78, 5) is 42.3. The number of rotatable bonds is 7. The number of carbonyl (C=O) groups is 3. The number of urea groups is 2. The number of carbonyl (C=O) groups excluding carboxylic acids is 3. The average Bonchev–Trinajstić information content (AvgIpc) is 2.99. The van der Waals surface area contributed by atoms with Crippen LogP contribution >= 0.6 is 0 Å². The maximum atomic E-state index is 13.6. The Morgan fingerprint density at radius 1 is 1.02 bits per heavy atom. The van der Waals surface area contributed by atoms with E-state index >= 15 is 0 Å². The second-order valence-corrected chi connectivity index (χ2v) is 10.8. The van der Waals surface area contributed by atoms with E-state index in [1.807, 2.05) is 0 Å². The van der Waals surface area contributed by atoms with Gasteiger partial charge in [0.1, 0.15) is 11.9 Å². The van der Waals surface area contributed by atoms with Crippen LogP contribution in [0.15, 0.2) is 66.7 Å². The molecule has 1 aliphatic heterocycles. The number of aliphatic hydroxyl groups is 1. The van der Waals surface area contributed by atoms with E-state index in [0.717, 1.165) is 24.3 Å². The molecule has 3 aromatic carbocycles. The molecular weight excluding hydrogens is 598 g/mol. The van der Waals surface area contributed by atoms with E-state index in [-0.39, 0.29) is 42.4 Å². The lowest BCUT2D eigenvalue weighted by atomic mass is 9.99. The molecule has 0 saturated heterocycles. The Kier molecular flexibility index (Phi) is 10.2. The Bertz CT molecular complexity index is 1520. The van der Waals surface area contributed by atoms with E-state index in [1.165, 1.54) is 53.2 Å². The van der Waals surface area contributed by atoms with Crippen LogP contribution in [0.3, 0.4) is 0 Å². The first-order chi connectivity index (χ1) is 21.3. The van der Waals surface area contributed by atoms with Crippen LogP contribution in [-0.4, -0.2) is 71.8 Å². The first-order valence-electron chi connectivity index (χ1n) is 14.0. The third-order valence-corrected chi connectivity index (χ3v) is 7.31. The van der Waals surface area contributed by atoms with E-state index in [4.69, 9.17) is 4.74 Å². The molecule has 0 spiro atoms. The maximum absolute atomic E-state index is 13.6. The molecule has 0 unspecified atom stereocenters. The average molecular weight is 632 g/mol. The molecular formula is C31H33F4N5O5. The summed E-state index contributed by atoms with van der Waals surface area (Å²) in [5.74, 6) is -1.26. The second kappa shape index (κ2) is 13.8. The normalized spacial score (nSPS) is 17.2. The summed E-state index contributed by atoms with van der Waals surface area (Å²) >= 11 is 0. The minimum absolute atomic E-state index is 0.0152. The van der Waals surface area contributed by atoms with Crippen molar-refractivity contribution in [3.05, 3.63) is 83.7 Å². The largest absolute Gasteiger partial charge is 0.485 e. The highest BCUT2D eigenvalue weighted by Gasteiger charge is 2.35. The molecule has 14 heteroatoms. The molecule has 0 saturated carbocycles. The number of para-hydroxylation sites is 1. The number of alkyl halides is 3. The predicted molar refractivity (Wildman–Crippen MR) is 160 cm³/mol. The zero-order valence-corrected chi connectivity index (χ0v) is 24.7. The van der Waals surface area contributed by atoms with E-state index in [0.29, 0.717) is 5.69 Å². The highest BCUT2D eigenvalue weighted by molar-refractivity contribution is 6.04. The molecule has 1 heterocycles. The molecule has 3 atom stereocenters. The standard InChI is InChI=1S/C31H33F4N5O5/c1-18-15-40(19(2)17-41)28(42)24-5-4-6-25(38-29(43)36-22-13-9-21(32)10-14-22)27(24)45-26(18)16-39(3)30(44)37-23-11-7-20(8-12-23)31(33,34)35/h4-14,18-19,26,41H,15-17H2,1-3H3,(H,37,44)(H2,36,38,43)/t18-,19+,26-/m1/s1. The van der Waals surface area contributed by atoms with Crippen molar-refractivity contribution in [1.29, 1.82) is 0 Å². The number of likely N-dealkylation sites (N-methyl/N-ethyl adjacent to an activating group) is 1. The molecule has 45 heavy (non-hydrogen) atoms. The number of ether oxygens (including phenoxy) is 1. The quantitative estimate of drug-likeness (QED) is 0.243. The van der Waals surface area contributed by atoms with Gasteiger partial charge in [-0.15, -0.1) is 0 Å². The lowest BCUT2D eigenvalue weighted by molar-refractivity contribution is -0.137. The van der Waals surface area contributed by atoms with Crippen molar-refractivity contribution in [2.75, 3.05) is 42.7 Å². The highest BCUT2D eigenvalue weighted by Crippen LogP contribution is 2.35. The Hall–Kier alpha value is -4.85. The monoisotopic (exact) mass is 631 g/mol. The fourth-order valence-corrected chi connectivity index (χ4v) is 4.69. The van der Waals surface area contributed by atoms with E-state index in [9.17, 15) is 37.1 Å². The minimum atomic E-state index is -4.51. The van der Waals surface area contributed by atoms with Crippen LogP contribution < -0.4 is 20.7 Å². The van der Waals surface area contributed by atoms with Crippen LogP contribution in [0, 0.1) is 11.7 Å². The smallest absolute Gasteiger partial charge is 0.416 e. The molecule has 240 valence electrons. The number of aliphatic hydroxyl groups excluding tert-OH is 1. The summed E-state index contributed by atoms with van der Waals surface area (Å²) in [5.41, 5.74) is -0.114. The van der Waals surface area contributed by atoms with Gasteiger partial charge in [0.2, 0.25) is 0 Å². The summed E-state index contributed by atoms with van der Waals surface area (Å²) in [5, 5.41) is 17.7. The van der Waals surface area contributed by atoms with E-state index in [2.05, 4.69) is 16.0 Å². The molecule has 0 bridgehead atoms. The number of benzene rings is 3. The van der Waals surface area contributed by atoms with Crippen molar-refractivity contribution >= 4 is 35.0 Å². The van der Waals surface area contributed by atoms with Gasteiger partial charge in [-0.05, 0) is 67.6 Å². The SMILES string of the molecule is C[C@@H]1CN([C@@H](C)CO)C(=O)c2cccc(NC(=O)Nc3ccc(F)cc3)c2O[C@@H]1CN(C)C(=O)Nc1ccc(C(F)(F)F)cc1. The van der Waals surface area contributed by atoms with Crippen molar-refractivity contribution < 1.29 is 41.8 Å². The minimum Gasteiger partial charge on any atom is -0.485 e. The van der Waals surface area contributed by atoms with Gasteiger partial charge in [0.15, 0.2) is 5.75 Å². The first-order valence-corrected chi connectivity index (χ1v) is 14.0. The number of fused-ring (bicyclic) bond motifs is 1. The van der Waals surface area contributed by atoms with Gasteiger partial charge in [-0.1, -0.05) is 13.0 Å². The van der Waals surface area contributed by atoms with Crippen LogP contribution in [0.1, 0.15) is 29.8 Å². The summed E-state index contributed by atoms with van der Waals surface area (Å²) < 4.78 is 58.4. The fraction of sp³-hybridized carbons (Fsp3) is 0.323.